The predicted octanol–water partition coefficient (Wildman–Crippen LogP) is 2.15. The summed E-state index contributed by atoms with van der Waals surface area (Å²) in [6.45, 7) is -0.201. The fraction of sp³-hybridized carbons (Fsp3) is 0.0769. The molecule has 2 amide bonds. The normalized spacial score (nSPS) is 10.0. The molecular formula is C13H10Cl2N4O2. The van der Waals surface area contributed by atoms with E-state index in [1.165, 1.54) is 6.07 Å². The molecule has 0 unspecified atom stereocenters. The van der Waals surface area contributed by atoms with Crippen molar-refractivity contribution < 1.29 is 9.59 Å². The number of amides is 2. The van der Waals surface area contributed by atoms with Gasteiger partial charge >= 0.3 is 0 Å². The van der Waals surface area contributed by atoms with Gasteiger partial charge in [0.05, 0.1) is 6.54 Å². The van der Waals surface area contributed by atoms with E-state index < -0.39 is 5.91 Å². The molecule has 2 aromatic rings. The van der Waals surface area contributed by atoms with Crippen molar-refractivity contribution in [1.29, 1.82) is 0 Å². The fourth-order valence-electron chi connectivity index (χ4n) is 1.49. The first-order valence-electron chi connectivity index (χ1n) is 5.88. The zero-order chi connectivity index (χ0) is 15.2. The van der Waals surface area contributed by atoms with E-state index in [1.54, 1.807) is 30.3 Å². The van der Waals surface area contributed by atoms with Gasteiger partial charge in [0.1, 0.15) is 11.0 Å². The zero-order valence-electron chi connectivity index (χ0n) is 10.6. The highest BCUT2D eigenvalue weighted by Gasteiger charge is 2.09. The average Bonchev–Trinajstić information content (AvgIpc) is 2.44. The van der Waals surface area contributed by atoms with Crippen molar-refractivity contribution in [2.75, 3.05) is 11.9 Å². The molecule has 0 aliphatic heterocycles. The molecule has 2 N–H and O–H groups in total. The minimum absolute atomic E-state index is 0.0777. The topological polar surface area (TPSA) is 84.0 Å². The first-order chi connectivity index (χ1) is 10.0. The van der Waals surface area contributed by atoms with Crippen LogP contribution in [-0.4, -0.2) is 28.3 Å². The van der Waals surface area contributed by atoms with E-state index >= 15 is 0 Å². The Morgan fingerprint density at radius 2 is 1.81 bits per heavy atom. The second kappa shape index (κ2) is 7.01. The monoisotopic (exact) mass is 324 g/mol. The van der Waals surface area contributed by atoms with Crippen molar-refractivity contribution in [1.82, 2.24) is 15.3 Å². The summed E-state index contributed by atoms with van der Waals surface area (Å²) in [5, 5.41) is 4.98. The molecule has 1 aromatic heterocycles. The number of carbonyl (C=O) groups is 2. The van der Waals surface area contributed by atoms with Crippen molar-refractivity contribution in [3.05, 3.63) is 52.4 Å². The Kier molecular flexibility index (Phi) is 5.08. The predicted molar refractivity (Wildman–Crippen MR) is 79.5 cm³/mol. The van der Waals surface area contributed by atoms with Crippen LogP contribution in [0.2, 0.25) is 10.4 Å². The van der Waals surface area contributed by atoms with Crippen molar-refractivity contribution in [3.63, 3.8) is 0 Å². The summed E-state index contributed by atoms with van der Waals surface area (Å²) in [6, 6.07) is 9.92. The molecule has 2 rings (SSSR count). The maximum absolute atomic E-state index is 11.8. The Hall–Kier alpha value is -2.18. The van der Waals surface area contributed by atoms with Gasteiger partial charge in [0.2, 0.25) is 11.2 Å². The molecule has 0 fully saturated rings. The van der Waals surface area contributed by atoms with Crippen LogP contribution in [0.3, 0.4) is 0 Å². The summed E-state index contributed by atoms with van der Waals surface area (Å²) in [5.41, 5.74) is 0.471. The minimum atomic E-state index is -0.454. The molecule has 0 aliphatic carbocycles. The lowest BCUT2D eigenvalue weighted by Crippen LogP contribution is -2.33. The highest BCUT2D eigenvalue weighted by molar-refractivity contribution is 6.32. The summed E-state index contributed by atoms with van der Waals surface area (Å²) < 4.78 is 0. The third-order valence-corrected chi connectivity index (χ3v) is 2.74. The molecule has 1 heterocycles. The van der Waals surface area contributed by atoms with Gasteiger partial charge in [0.25, 0.3) is 5.91 Å². The largest absolute Gasteiger partial charge is 0.343 e. The molecule has 0 atom stereocenters. The standard InChI is InChI=1S/C13H10Cl2N4O2/c14-9-6-10(19-13(15)17-9)18-11(20)7-16-12(21)8-4-2-1-3-5-8/h1-6H,7H2,(H,16,21)(H,17,18,19,20). The number of benzene rings is 1. The molecule has 0 spiro atoms. The van der Waals surface area contributed by atoms with E-state index in [9.17, 15) is 9.59 Å². The average molecular weight is 325 g/mol. The molecule has 1 aromatic carbocycles. The molecule has 8 heteroatoms. The van der Waals surface area contributed by atoms with Crippen LogP contribution in [-0.2, 0) is 4.79 Å². The van der Waals surface area contributed by atoms with Gasteiger partial charge < -0.3 is 10.6 Å². The zero-order valence-corrected chi connectivity index (χ0v) is 12.1. The number of aromatic nitrogens is 2. The second-order valence-electron chi connectivity index (χ2n) is 3.94. The third kappa shape index (κ3) is 4.70. The van der Waals surface area contributed by atoms with E-state index in [0.717, 1.165) is 0 Å². The molecule has 0 radical (unpaired) electrons. The highest BCUT2D eigenvalue weighted by atomic mass is 35.5. The number of anilines is 1. The Morgan fingerprint density at radius 1 is 1.10 bits per heavy atom. The van der Waals surface area contributed by atoms with Gasteiger partial charge in [-0.3, -0.25) is 9.59 Å². The lowest BCUT2D eigenvalue weighted by molar-refractivity contribution is -0.115. The molecule has 6 nitrogen and oxygen atoms in total. The number of nitrogens with zero attached hydrogens (tertiary/aromatic N) is 2. The molecular weight excluding hydrogens is 315 g/mol. The summed E-state index contributed by atoms with van der Waals surface area (Å²) >= 11 is 11.3. The van der Waals surface area contributed by atoms with Crippen molar-refractivity contribution >= 4 is 40.8 Å². The van der Waals surface area contributed by atoms with E-state index in [0.29, 0.717) is 5.56 Å². The van der Waals surface area contributed by atoms with E-state index in [1.807, 2.05) is 0 Å². The van der Waals surface area contributed by atoms with Gasteiger partial charge in [-0.2, -0.15) is 0 Å². The molecule has 21 heavy (non-hydrogen) atoms. The van der Waals surface area contributed by atoms with Crippen LogP contribution in [0.4, 0.5) is 5.82 Å². The summed E-state index contributed by atoms with van der Waals surface area (Å²) in [7, 11) is 0. The second-order valence-corrected chi connectivity index (χ2v) is 4.67. The van der Waals surface area contributed by atoms with Crippen LogP contribution in [0.1, 0.15) is 10.4 Å². The summed E-state index contributed by atoms with van der Waals surface area (Å²) in [6.07, 6.45) is 0. The SMILES string of the molecule is O=C(CNC(=O)c1ccccc1)Nc1cc(Cl)nc(Cl)n1. The highest BCUT2D eigenvalue weighted by Crippen LogP contribution is 2.13. The Balaban J connectivity index is 1.89. The third-order valence-electron chi connectivity index (χ3n) is 2.38. The van der Waals surface area contributed by atoms with Gasteiger partial charge in [0, 0.05) is 11.6 Å². The van der Waals surface area contributed by atoms with Crippen LogP contribution in [0, 0.1) is 0 Å². The summed E-state index contributed by atoms with van der Waals surface area (Å²) in [4.78, 5) is 30.9. The van der Waals surface area contributed by atoms with Gasteiger partial charge in [-0.05, 0) is 23.7 Å². The van der Waals surface area contributed by atoms with Crippen LogP contribution in [0.25, 0.3) is 0 Å². The molecule has 0 bridgehead atoms. The van der Waals surface area contributed by atoms with Crippen molar-refractivity contribution in [3.8, 4) is 0 Å². The van der Waals surface area contributed by atoms with Gasteiger partial charge in [0.15, 0.2) is 0 Å². The number of hydrogen-bond donors (Lipinski definition) is 2. The fourth-order valence-corrected chi connectivity index (χ4v) is 1.90. The van der Waals surface area contributed by atoms with E-state index in [-0.39, 0.29) is 28.7 Å². The lowest BCUT2D eigenvalue weighted by Gasteiger charge is -2.06. The summed E-state index contributed by atoms with van der Waals surface area (Å²) in [5.74, 6) is -0.631. The number of hydrogen-bond acceptors (Lipinski definition) is 4. The number of carbonyl (C=O) groups excluding carboxylic acids is 2. The Labute approximate surface area is 130 Å². The van der Waals surface area contributed by atoms with Crippen molar-refractivity contribution in [2.45, 2.75) is 0 Å². The van der Waals surface area contributed by atoms with Crippen LogP contribution in [0.5, 0.6) is 0 Å². The molecule has 0 saturated heterocycles. The van der Waals surface area contributed by atoms with Crippen LogP contribution in [0.15, 0.2) is 36.4 Å². The van der Waals surface area contributed by atoms with Crippen LogP contribution >= 0.6 is 23.2 Å². The molecule has 0 aliphatic rings. The number of halogens is 2. The van der Waals surface area contributed by atoms with E-state index in [2.05, 4.69) is 20.6 Å². The van der Waals surface area contributed by atoms with E-state index in [4.69, 9.17) is 23.2 Å². The van der Waals surface area contributed by atoms with Gasteiger partial charge in [-0.1, -0.05) is 29.8 Å². The first kappa shape index (κ1) is 15.2. The lowest BCUT2D eigenvalue weighted by atomic mass is 10.2. The minimum Gasteiger partial charge on any atom is -0.343 e. The maximum Gasteiger partial charge on any atom is 0.251 e. The Bertz CT molecular complexity index is 644. The quantitative estimate of drug-likeness (QED) is 0.666. The Morgan fingerprint density at radius 3 is 2.48 bits per heavy atom. The van der Waals surface area contributed by atoms with Gasteiger partial charge in [-0.25, -0.2) is 9.97 Å². The maximum atomic E-state index is 11.8. The smallest absolute Gasteiger partial charge is 0.251 e. The van der Waals surface area contributed by atoms with Crippen molar-refractivity contribution in [2.24, 2.45) is 0 Å². The molecule has 0 saturated carbocycles. The van der Waals surface area contributed by atoms with Gasteiger partial charge in [-0.15, -0.1) is 0 Å². The van der Waals surface area contributed by atoms with Crippen LogP contribution < -0.4 is 10.6 Å². The molecule has 108 valence electrons. The number of rotatable bonds is 4. The first-order valence-corrected chi connectivity index (χ1v) is 6.63. The number of nitrogens with one attached hydrogen (secondary N) is 2.